The first kappa shape index (κ1) is 14.6. The number of hydrogen-bond donors (Lipinski definition) is 0. The first-order valence-corrected chi connectivity index (χ1v) is 8.17. The molecule has 112 valence electrons. The molecule has 0 saturated heterocycles. The monoisotopic (exact) mass is 282 g/mol. The number of benzene rings is 1. The van der Waals surface area contributed by atoms with Gasteiger partial charge in [-0.15, -0.1) is 0 Å². The fraction of sp³-hybridized carbons (Fsp3) is 0.550. The Hall–Kier alpha value is -1.37. The number of carbonyl (C=O) groups excluding carboxylic acids is 1. The van der Waals surface area contributed by atoms with Crippen molar-refractivity contribution in [3.63, 3.8) is 0 Å². The maximum atomic E-state index is 12.7. The summed E-state index contributed by atoms with van der Waals surface area (Å²) < 4.78 is 0. The van der Waals surface area contributed by atoms with Gasteiger partial charge in [-0.1, -0.05) is 58.7 Å². The molecule has 0 unspecified atom stereocenters. The van der Waals surface area contributed by atoms with Gasteiger partial charge in [0.2, 0.25) is 0 Å². The SMILES string of the molecule is CC(C)c1ccc2c(c1)C(=O)C=C1C(C)(C)CCC[C@@]12C. The Balaban J connectivity index is 2.20. The first-order chi connectivity index (χ1) is 9.75. The smallest absolute Gasteiger partial charge is 0.186 e. The Bertz CT molecular complexity index is 633. The molecule has 1 nitrogen and oxygen atoms in total. The van der Waals surface area contributed by atoms with E-state index in [0.717, 1.165) is 12.0 Å². The van der Waals surface area contributed by atoms with Crippen molar-refractivity contribution in [3.8, 4) is 0 Å². The highest BCUT2D eigenvalue weighted by molar-refractivity contribution is 6.08. The molecular weight excluding hydrogens is 256 g/mol. The van der Waals surface area contributed by atoms with Crippen LogP contribution in [0.25, 0.3) is 0 Å². The number of carbonyl (C=O) groups is 1. The van der Waals surface area contributed by atoms with Crippen molar-refractivity contribution in [1.82, 2.24) is 0 Å². The molecule has 0 N–H and O–H groups in total. The largest absolute Gasteiger partial charge is 0.289 e. The van der Waals surface area contributed by atoms with Crippen LogP contribution in [-0.2, 0) is 5.41 Å². The average molecular weight is 282 g/mol. The molecule has 1 atom stereocenters. The van der Waals surface area contributed by atoms with Crippen LogP contribution in [-0.4, -0.2) is 5.78 Å². The topological polar surface area (TPSA) is 17.1 Å². The van der Waals surface area contributed by atoms with E-state index in [4.69, 9.17) is 0 Å². The molecular formula is C20H26O. The molecule has 0 spiro atoms. The van der Waals surface area contributed by atoms with Gasteiger partial charge in [-0.3, -0.25) is 4.79 Å². The van der Waals surface area contributed by atoms with E-state index in [-0.39, 0.29) is 16.6 Å². The minimum Gasteiger partial charge on any atom is -0.289 e. The molecule has 0 bridgehead atoms. The van der Waals surface area contributed by atoms with Gasteiger partial charge in [-0.2, -0.15) is 0 Å². The second-order valence-corrected chi connectivity index (χ2v) is 7.95. The highest BCUT2D eigenvalue weighted by Gasteiger charge is 2.46. The number of rotatable bonds is 1. The molecule has 1 heteroatoms. The summed E-state index contributed by atoms with van der Waals surface area (Å²) in [6.45, 7) is 11.3. The molecule has 2 aliphatic rings. The Labute approximate surface area is 128 Å². The summed E-state index contributed by atoms with van der Waals surface area (Å²) in [5.41, 5.74) is 4.97. The standard InChI is InChI=1S/C20H26O/c1-13(2)14-7-8-16-15(11-14)17(21)12-18-19(3,4)9-6-10-20(16,18)5/h7-8,11-13H,6,9-10H2,1-5H3/t20-/m1/s1. The van der Waals surface area contributed by atoms with Crippen molar-refractivity contribution in [2.24, 2.45) is 5.41 Å². The second-order valence-electron chi connectivity index (χ2n) is 7.95. The molecule has 1 saturated carbocycles. The lowest BCUT2D eigenvalue weighted by atomic mass is 9.55. The van der Waals surface area contributed by atoms with E-state index < -0.39 is 0 Å². The number of allylic oxidation sites excluding steroid dienone is 2. The van der Waals surface area contributed by atoms with E-state index in [2.05, 4.69) is 52.8 Å². The zero-order valence-corrected chi connectivity index (χ0v) is 13.9. The predicted octanol–water partition coefficient (Wildman–Crippen LogP) is 5.40. The summed E-state index contributed by atoms with van der Waals surface area (Å²) >= 11 is 0. The summed E-state index contributed by atoms with van der Waals surface area (Å²) in [6.07, 6.45) is 5.52. The van der Waals surface area contributed by atoms with E-state index in [1.165, 1.54) is 29.5 Å². The van der Waals surface area contributed by atoms with Crippen molar-refractivity contribution in [3.05, 3.63) is 46.5 Å². The van der Waals surface area contributed by atoms with Crippen LogP contribution in [0.15, 0.2) is 29.8 Å². The highest BCUT2D eigenvalue weighted by atomic mass is 16.1. The lowest BCUT2D eigenvalue weighted by Crippen LogP contribution is -2.41. The summed E-state index contributed by atoms with van der Waals surface area (Å²) in [5.74, 6) is 0.666. The summed E-state index contributed by atoms with van der Waals surface area (Å²) in [5, 5.41) is 0. The normalized spacial score (nSPS) is 27.1. The predicted molar refractivity (Wildman–Crippen MR) is 87.9 cm³/mol. The van der Waals surface area contributed by atoms with Crippen LogP contribution < -0.4 is 0 Å². The van der Waals surface area contributed by atoms with Gasteiger partial charge in [-0.05, 0) is 47.4 Å². The van der Waals surface area contributed by atoms with Gasteiger partial charge in [0.15, 0.2) is 5.78 Å². The van der Waals surface area contributed by atoms with Crippen molar-refractivity contribution in [2.75, 3.05) is 0 Å². The van der Waals surface area contributed by atoms with Crippen LogP contribution in [0, 0.1) is 5.41 Å². The van der Waals surface area contributed by atoms with E-state index in [1.807, 2.05) is 6.08 Å². The molecule has 1 aromatic rings. The maximum absolute atomic E-state index is 12.7. The summed E-state index contributed by atoms with van der Waals surface area (Å²) in [7, 11) is 0. The molecule has 0 radical (unpaired) electrons. The van der Waals surface area contributed by atoms with Gasteiger partial charge < -0.3 is 0 Å². The Morgan fingerprint density at radius 3 is 2.48 bits per heavy atom. The molecule has 0 amide bonds. The van der Waals surface area contributed by atoms with Crippen LogP contribution in [0.1, 0.15) is 81.3 Å². The quantitative estimate of drug-likeness (QED) is 0.674. The van der Waals surface area contributed by atoms with Crippen molar-refractivity contribution >= 4 is 5.78 Å². The molecule has 1 fully saturated rings. The third-order valence-corrected chi connectivity index (χ3v) is 5.65. The number of hydrogen-bond acceptors (Lipinski definition) is 1. The van der Waals surface area contributed by atoms with Crippen molar-refractivity contribution < 1.29 is 4.79 Å². The van der Waals surface area contributed by atoms with Crippen molar-refractivity contribution in [2.45, 2.75) is 65.2 Å². The number of ketones is 1. The lowest BCUT2D eigenvalue weighted by Gasteiger charge is -2.48. The van der Waals surface area contributed by atoms with Gasteiger partial charge in [-0.25, -0.2) is 0 Å². The van der Waals surface area contributed by atoms with Crippen LogP contribution in [0.2, 0.25) is 0 Å². The van der Waals surface area contributed by atoms with Crippen LogP contribution in [0.4, 0.5) is 0 Å². The summed E-state index contributed by atoms with van der Waals surface area (Å²) in [4.78, 5) is 12.7. The first-order valence-electron chi connectivity index (χ1n) is 8.17. The van der Waals surface area contributed by atoms with Gasteiger partial charge in [0.25, 0.3) is 0 Å². The molecule has 1 aromatic carbocycles. The lowest BCUT2D eigenvalue weighted by molar-refractivity contribution is 0.103. The third-order valence-electron chi connectivity index (χ3n) is 5.65. The fourth-order valence-corrected chi connectivity index (χ4v) is 4.35. The number of fused-ring (bicyclic) bond motifs is 3. The van der Waals surface area contributed by atoms with Gasteiger partial charge in [0.1, 0.15) is 0 Å². The van der Waals surface area contributed by atoms with E-state index in [0.29, 0.717) is 5.92 Å². The van der Waals surface area contributed by atoms with Crippen LogP contribution >= 0.6 is 0 Å². The molecule has 0 heterocycles. The van der Waals surface area contributed by atoms with E-state index >= 15 is 0 Å². The Morgan fingerprint density at radius 2 is 1.81 bits per heavy atom. The fourth-order valence-electron chi connectivity index (χ4n) is 4.35. The molecule has 3 rings (SSSR count). The minimum absolute atomic E-state index is 0.0422. The average Bonchev–Trinajstić information content (AvgIpc) is 2.41. The van der Waals surface area contributed by atoms with Crippen LogP contribution in [0.5, 0.6) is 0 Å². The van der Waals surface area contributed by atoms with Gasteiger partial charge >= 0.3 is 0 Å². The molecule has 0 aliphatic heterocycles. The highest BCUT2D eigenvalue weighted by Crippen LogP contribution is 2.54. The maximum Gasteiger partial charge on any atom is 0.186 e. The van der Waals surface area contributed by atoms with E-state index in [1.54, 1.807) is 0 Å². The Kier molecular flexibility index (Phi) is 3.16. The van der Waals surface area contributed by atoms with Gasteiger partial charge in [0, 0.05) is 11.0 Å². The molecule has 21 heavy (non-hydrogen) atoms. The molecule has 0 aromatic heterocycles. The zero-order chi connectivity index (χ0) is 15.4. The van der Waals surface area contributed by atoms with E-state index in [9.17, 15) is 4.79 Å². The van der Waals surface area contributed by atoms with Crippen molar-refractivity contribution in [1.29, 1.82) is 0 Å². The third kappa shape index (κ3) is 2.09. The minimum atomic E-state index is 0.0422. The molecule has 2 aliphatic carbocycles. The Morgan fingerprint density at radius 1 is 1.10 bits per heavy atom. The zero-order valence-electron chi connectivity index (χ0n) is 13.9. The summed E-state index contributed by atoms with van der Waals surface area (Å²) in [6, 6.07) is 6.56. The van der Waals surface area contributed by atoms with Crippen LogP contribution in [0.3, 0.4) is 0 Å². The van der Waals surface area contributed by atoms with Gasteiger partial charge in [0.05, 0.1) is 0 Å². The second kappa shape index (κ2) is 4.56.